The number of aryl methyl sites for hydroxylation is 1. The van der Waals surface area contributed by atoms with Crippen molar-refractivity contribution in [1.29, 1.82) is 0 Å². The third-order valence-corrected chi connectivity index (χ3v) is 8.76. The van der Waals surface area contributed by atoms with Gasteiger partial charge in [-0.05, 0) is 36.8 Å². The minimum absolute atomic E-state index is 0.00632. The number of nitrogens with zero attached hydrogens (tertiary/aromatic N) is 2. The van der Waals surface area contributed by atoms with Crippen molar-refractivity contribution in [3.05, 3.63) is 74.2 Å². The summed E-state index contributed by atoms with van der Waals surface area (Å²) in [5.41, 5.74) is 7.50. The molecule has 5 amide bonds. The Bertz CT molecular complexity index is 1460. The molecule has 0 saturated carbocycles. The number of carbonyl (C=O) groups is 4. The molecule has 36 heavy (non-hydrogen) atoms. The normalized spacial score (nSPS) is 20.7. The minimum Gasteiger partial charge on any atom is -0.508 e. The molecule has 0 aliphatic carbocycles. The number of benzene rings is 2. The maximum atomic E-state index is 13.1. The van der Waals surface area contributed by atoms with Crippen molar-refractivity contribution >= 4 is 52.5 Å². The highest BCUT2D eigenvalue weighted by molar-refractivity contribution is 8.00. The molecule has 3 heterocycles. The fourth-order valence-corrected chi connectivity index (χ4v) is 7.27. The zero-order valence-electron chi connectivity index (χ0n) is 18.8. The molecule has 1 aromatic heterocycles. The summed E-state index contributed by atoms with van der Waals surface area (Å²) in [4.78, 5) is 64.4. The van der Waals surface area contributed by atoms with Gasteiger partial charge in [-0.3, -0.25) is 23.7 Å². The summed E-state index contributed by atoms with van der Waals surface area (Å²) in [7, 11) is 0. The highest BCUT2D eigenvalue weighted by Gasteiger charge is 2.57. The van der Waals surface area contributed by atoms with E-state index in [1.165, 1.54) is 16.7 Å². The molecule has 0 radical (unpaired) electrons. The van der Waals surface area contributed by atoms with Crippen LogP contribution in [0.5, 0.6) is 5.75 Å². The summed E-state index contributed by atoms with van der Waals surface area (Å²) < 4.78 is 1.28. The first-order valence-electron chi connectivity index (χ1n) is 10.9. The van der Waals surface area contributed by atoms with Crippen LogP contribution in [0.3, 0.4) is 0 Å². The summed E-state index contributed by atoms with van der Waals surface area (Å²) >= 11 is 1.87. The van der Waals surface area contributed by atoms with E-state index in [0.717, 1.165) is 28.7 Å². The van der Waals surface area contributed by atoms with E-state index in [2.05, 4.69) is 5.32 Å². The van der Waals surface area contributed by atoms with Crippen molar-refractivity contribution in [2.45, 2.75) is 29.7 Å². The van der Waals surface area contributed by atoms with E-state index in [1.807, 2.05) is 19.1 Å². The standard InChI is InChI=1S/C24H20N4O6S2/c1-11-2-6-13(7-3-11)26-15(30)10-27-22-19(36-24(27)34)16(12-4-8-14(29)9-5-12)17-18(35-22)21(32)28(20(17)31)23(25)33/h2-9,16-18,29H,10H2,1H3,(H2,25,33)(H,26,30)/t16-,17?,18?/m0/s1. The van der Waals surface area contributed by atoms with Crippen LogP contribution >= 0.6 is 23.1 Å². The molecular weight excluding hydrogens is 504 g/mol. The number of primary amides is 1. The average Bonchev–Trinajstić information content (AvgIpc) is 3.27. The van der Waals surface area contributed by atoms with Gasteiger partial charge in [-0.25, -0.2) is 4.79 Å². The number of nitrogens with one attached hydrogen (secondary N) is 1. The van der Waals surface area contributed by atoms with E-state index < -0.39 is 45.7 Å². The Morgan fingerprint density at radius 2 is 1.69 bits per heavy atom. The number of thioether (sulfide) groups is 1. The number of aromatic hydroxyl groups is 1. The topological polar surface area (TPSA) is 152 Å². The van der Waals surface area contributed by atoms with Crippen molar-refractivity contribution < 1.29 is 24.3 Å². The summed E-state index contributed by atoms with van der Waals surface area (Å²) in [5.74, 6) is -3.64. The number of imide groups is 3. The number of likely N-dealkylation sites (tertiary alicyclic amines) is 1. The monoisotopic (exact) mass is 524 g/mol. The summed E-state index contributed by atoms with van der Waals surface area (Å²) in [6.45, 7) is 1.62. The molecule has 10 nitrogen and oxygen atoms in total. The Morgan fingerprint density at radius 1 is 1.03 bits per heavy atom. The number of urea groups is 1. The number of thiazole rings is 1. The molecule has 3 aromatic rings. The number of anilines is 1. The molecule has 2 unspecified atom stereocenters. The second-order valence-corrected chi connectivity index (χ2v) is 10.6. The van der Waals surface area contributed by atoms with Crippen molar-refractivity contribution in [2.75, 3.05) is 5.32 Å². The summed E-state index contributed by atoms with van der Waals surface area (Å²) in [6.07, 6.45) is 0. The number of fused-ring (bicyclic) bond motifs is 2. The Hall–Kier alpha value is -3.90. The molecule has 0 spiro atoms. The fourth-order valence-electron chi connectivity index (χ4n) is 4.49. The summed E-state index contributed by atoms with van der Waals surface area (Å²) in [6, 6.07) is 12.1. The van der Waals surface area contributed by atoms with E-state index in [9.17, 15) is 29.1 Å². The highest BCUT2D eigenvalue weighted by atomic mass is 32.2. The van der Waals surface area contributed by atoms with Gasteiger partial charge in [-0.15, -0.1) is 0 Å². The molecule has 5 rings (SSSR count). The van der Waals surface area contributed by atoms with E-state index >= 15 is 0 Å². The van der Waals surface area contributed by atoms with Crippen LogP contribution in [0.4, 0.5) is 10.5 Å². The van der Waals surface area contributed by atoms with Crippen LogP contribution in [0.2, 0.25) is 0 Å². The predicted molar refractivity (Wildman–Crippen MR) is 133 cm³/mol. The number of aromatic nitrogens is 1. The molecule has 2 aliphatic heterocycles. The first-order valence-corrected chi connectivity index (χ1v) is 12.6. The van der Waals surface area contributed by atoms with E-state index in [0.29, 0.717) is 26.1 Å². The lowest BCUT2D eigenvalue weighted by molar-refractivity contribution is -0.135. The lowest BCUT2D eigenvalue weighted by Gasteiger charge is -2.30. The van der Waals surface area contributed by atoms with Crippen molar-refractivity contribution in [1.82, 2.24) is 9.47 Å². The van der Waals surface area contributed by atoms with Crippen LogP contribution in [0, 0.1) is 12.8 Å². The van der Waals surface area contributed by atoms with Gasteiger partial charge in [0.1, 0.15) is 17.5 Å². The number of amides is 5. The van der Waals surface area contributed by atoms with Gasteiger partial charge < -0.3 is 16.2 Å². The van der Waals surface area contributed by atoms with Crippen molar-refractivity contribution in [2.24, 2.45) is 11.7 Å². The molecular formula is C24H20N4O6S2. The van der Waals surface area contributed by atoms with E-state index in [1.54, 1.807) is 24.3 Å². The molecule has 4 N–H and O–H groups in total. The number of phenols is 1. The van der Waals surface area contributed by atoms with Crippen LogP contribution in [0.1, 0.15) is 21.9 Å². The number of carbonyl (C=O) groups excluding carboxylic acids is 4. The number of hydrogen-bond donors (Lipinski definition) is 3. The number of phenolic OH excluding ortho intramolecular Hbond substituents is 1. The lowest BCUT2D eigenvalue weighted by Crippen LogP contribution is -2.41. The van der Waals surface area contributed by atoms with Gasteiger partial charge >= 0.3 is 10.9 Å². The Balaban J connectivity index is 1.55. The quantitative estimate of drug-likeness (QED) is 0.443. The molecule has 2 aliphatic rings. The second kappa shape index (κ2) is 8.95. The van der Waals surface area contributed by atoms with Crippen LogP contribution in [0.25, 0.3) is 0 Å². The van der Waals surface area contributed by atoms with Crippen LogP contribution in [-0.2, 0) is 20.9 Å². The number of rotatable bonds is 4. The zero-order chi connectivity index (χ0) is 25.7. The second-order valence-electron chi connectivity index (χ2n) is 8.52. The van der Waals surface area contributed by atoms with E-state index in [-0.39, 0.29) is 12.3 Å². The first kappa shape index (κ1) is 23.8. The molecule has 2 aromatic carbocycles. The average molecular weight is 525 g/mol. The third kappa shape index (κ3) is 3.97. The SMILES string of the molecule is Cc1ccc(NC(=O)Cn2c3c(sc2=O)[C@@H](c2ccc(O)cc2)C2C(=O)N(C(N)=O)C(=O)C2S3)cc1. The number of hydrogen-bond acceptors (Lipinski definition) is 8. The van der Waals surface area contributed by atoms with Crippen LogP contribution < -0.4 is 15.9 Å². The maximum absolute atomic E-state index is 13.1. The van der Waals surface area contributed by atoms with Crippen molar-refractivity contribution in [3.63, 3.8) is 0 Å². The first-order chi connectivity index (χ1) is 17.2. The molecule has 0 bridgehead atoms. The van der Waals surface area contributed by atoms with Crippen molar-refractivity contribution in [3.8, 4) is 5.75 Å². The van der Waals surface area contributed by atoms with Gasteiger partial charge in [0.2, 0.25) is 11.8 Å². The van der Waals surface area contributed by atoms with Gasteiger partial charge in [-0.1, -0.05) is 52.9 Å². The summed E-state index contributed by atoms with van der Waals surface area (Å²) in [5, 5.41) is 11.9. The largest absolute Gasteiger partial charge is 0.508 e. The predicted octanol–water partition coefficient (Wildman–Crippen LogP) is 2.23. The number of nitrogens with two attached hydrogens (primary N) is 1. The molecule has 1 saturated heterocycles. The van der Waals surface area contributed by atoms with Gasteiger partial charge in [0.05, 0.1) is 10.9 Å². The smallest absolute Gasteiger partial charge is 0.328 e. The minimum atomic E-state index is -1.16. The van der Waals surface area contributed by atoms with Gasteiger partial charge in [0, 0.05) is 16.5 Å². The highest BCUT2D eigenvalue weighted by Crippen LogP contribution is 2.53. The van der Waals surface area contributed by atoms with Crippen LogP contribution in [0.15, 0.2) is 58.4 Å². The van der Waals surface area contributed by atoms with E-state index in [4.69, 9.17) is 5.73 Å². The maximum Gasteiger partial charge on any atom is 0.328 e. The van der Waals surface area contributed by atoms with Crippen LogP contribution in [-0.4, -0.2) is 43.6 Å². The Labute approximate surface area is 212 Å². The van der Waals surface area contributed by atoms with Gasteiger partial charge in [0.15, 0.2) is 0 Å². The van der Waals surface area contributed by atoms with Gasteiger partial charge in [0.25, 0.3) is 5.91 Å². The molecule has 184 valence electrons. The van der Waals surface area contributed by atoms with Gasteiger partial charge in [-0.2, -0.15) is 4.90 Å². The Kier molecular flexibility index (Phi) is 5.92. The Morgan fingerprint density at radius 3 is 2.33 bits per heavy atom. The zero-order valence-corrected chi connectivity index (χ0v) is 20.5. The fraction of sp³-hybridized carbons (Fsp3) is 0.208. The lowest BCUT2D eigenvalue weighted by atomic mass is 9.83. The molecule has 1 fully saturated rings. The molecule has 12 heteroatoms. The third-order valence-electron chi connectivity index (χ3n) is 6.16. The molecule has 3 atom stereocenters.